The van der Waals surface area contributed by atoms with Crippen molar-refractivity contribution in [3.8, 4) is 5.75 Å². The maximum atomic E-state index is 13.3. The number of aliphatic hydroxyl groups excluding tert-OH is 1. The standard InChI is InChI=1S/C26H23ClN2O6S/c1-4-34-18-12-8-16(9-13-18)21(30)19-20(15-6-10-17(27)11-7-15)29(24(32)22(19)31)26-28-14(3)23(36-26)25(33)35-5-2/h6-13,20,30H,4-5H2,1-3H3/b21-19+. The highest BCUT2D eigenvalue weighted by atomic mass is 35.5. The Labute approximate surface area is 216 Å². The van der Waals surface area contributed by atoms with Crippen LogP contribution >= 0.6 is 22.9 Å². The SMILES string of the molecule is CCOC(=O)c1sc(N2C(=O)C(=O)/C(=C(/O)c3ccc(OCC)cc3)C2c2ccc(Cl)cc2)nc1C. The number of aliphatic hydroxyl groups is 1. The number of hydrogen-bond donors (Lipinski definition) is 1. The van der Waals surface area contributed by atoms with Gasteiger partial charge in [-0.2, -0.15) is 0 Å². The lowest BCUT2D eigenvalue weighted by molar-refractivity contribution is -0.132. The smallest absolute Gasteiger partial charge is 0.350 e. The number of aryl methyl sites for hydroxylation is 1. The van der Waals surface area contributed by atoms with E-state index < -0.39 is 23.7 Å². The molecule has 0 aliphatic carbocycles. The summed E-state index contributed by atoms with van der Waals surface area (Å²) >= 11 is 7.02. The van der Waals surface area contributed by atoms with Gasteiger partial charge in [0.2, 0.25) is 0 Å². The van der Waals surface area contributed by atoms with Crippen LogP contribution in [0.2, 0.25) is 5.02 Å². The molecule has 1 aliphatic rings. The highest BCUT2D eigenvalue weighted by molar-refractivity contribution is 7.17. The summed E-state index contributed by atoms with van der Waals surface area (Å²) in [6, 6.07) is 12.2. The minimum absolute atomic E-state index is 0.1000. The van der Waals surface area contributed by atoms with Crippen LogP contribution in [0.1, 0.15) is 46.4 Å². The van der Waals surface area contributed by atoms with Crippen molar-refractivity contribution in [1.29, 1.82) is 0 Å². The maximum absolute atomic E-state index is 13.3. The number of aromatic nitrogens is 1. The van der Waals surface area contributed by atoms with E-state index in [0.717, 1.165) is 11.3 Å². The quantitative estimate of drug-likeness (QED) is 0.192. The minimum atomic E-state index is -0.991. The van der Waals surface area contributed by atoms with Crippen molar-refractivity contribution in [2.45, 2.75) is 26.8 Å². The summed E-state index contributed by atoms with van der Waals surface area (Å²) in [4.78, 5) is 44.8. The number of rotatable bonds is 7. The van der Waals surface area contributed by atoms with Crippen LogP contribution in [0, 0.1) is 6.92 Å². The predicted octanol–water partition coefficient (Wildman–Crippen LogP) is 5.31. The molecule has 1 aliphatic heterocycles. The third-order valence-electron chi connectivity index (χ3n) is 5.52. The van der Waals surface area contributed by atoms with Crippen molar-refractivity contribution < 1.29 is 29.0 Å². The first-order valence-corrected chi connectivity index (χ1v) is 12.4. The van der Waals surface area contributed by atoms with Gasteiger partial charge in [0.15, 0.2) is 5.13 Å². The molecule has 36 heavy (non-hydrogen) atoms. The van der Waals surface area contributed by atoms with E-state index in [4.69, 9.17) is 21.1 Å². The molecule has 0 saturated carbocycles. The second-order valence-corrected chi connectivity index (χ2v) is 9.22. The van der Waals surface area contributed by atoms with E-state index >= 15 is 0 Å². The summed E-state index contributed by atoms with van der Waals surface area (Å²) in [5.74, 6) is -2.03. The molecule has 2 aromatic carbocycles. The predicted molar refractivity (Wildman–Crippen MR) is 137 cm³/mol. The Bertz CT molecular complexity index is 1350. The van der Waals surface area contributed by atoms with Crippen molar-refractivity contribution in [3.05, 3.63) is 80.8 Å². The fourth-order valence-corrected chi connectivity index (χ4v) is 5.01. The summed E-state index contributed by atoms with van der Waals surface area (Å²) < 4.78 is 10.5. The molecular formula is C26H23ClN2O6S. The Kier molecular flexibility index (Phi) is 7.42. The first-order valence-electron chi connectivity index (χ1n) is 11.2. The number of halogens is 1. The van der Waals surface area contributed by atoms with E-state index in [1.54, 1.807) is 62.4 Å². The molecule has 1 aromatic heterocycles. The second-order valence-electron chi connectivity index (χ2n) is 7.81. The van der Waals surface area contributed by atoms with Crippen LogP contribution in [-0.4, -0.2) is 41.0 Å². The van der Waals surface area contributed by atoms with Crippen molar-refractivity contribution in [2.24, 2.45) is 0 Å². The summed E-state index contributed by atoms with van der Waals surface area (Å²) in [6.45, 7) is 5.83. The summed E-state index contributed by atoms with van der Waals surface area (Å²) in [7, 11) is 0. The normalized spacial score (nSPS) is 16.9. The number of esters is 1. The third-order valence-corrected chi connectivity index (χ3v) is 6.91. The van der Waals surface area contributed by atoms with E-state index in [1.807, 2.05) is 6.92 Å². The Morgan fingerprint density at radius 3 is 2.36 bits per heavy atom. The molecule has 1 unspecified atom stereocenters. The van der Waals surface area contributed by atoms with E-state index in [0.29, 0.717) is 34.2 Å². The highest BCUT2D eigenvalue weighted by Crippen LogP contribution is 2.44. The van der Waals surface area contributed by atoms with Crippen molar-refractivity contribution in [3.63, 3.8) is 0 Å². The molecule has 186 valence electrons. The lowest BCUT2D eigenvalue weighted by atomic mass is 9.95. The molecule has 0 bridgehead atoms. The van der Waals surface area contributed by atoms with Gasteiger partial charge in [-0.15, -0.1) is 0 Å². The first kappa shape index (κ1) is 25.4. The zero-order valence-electron chi connectivity index (χ0n) is 19.8. The molecule has 1 fully saturated rings. The van der Waals surface area contributed by atoms with E-state index in [9.17, 15) is 19.5 Å². The van der Waals surface area contributed by atoms with Crippen LogP contribution in [0.5, 0.6) is 5.75 Å². The van der Waals surface area contributed by atoms with Gasteiger partial charge in [0, 0.05) is 10.6 Å². The number of benzene rings is 2. The molecule has 1 N–H and O–H groups in total. The molecule has 1 amide bonds. The van der Waals surface area contributed by atoms with Crippen LogP contribution in [0.15, 0.2) is 54.1 Å². The van der Waals surface area contributed by atoms with Crippen LogP contribution in [0.25, 0.3) is 5.76 Å². The molecule has 8 nitrogen and oxygen atoms in total. The molecule has 10 heteroatoms. The van der Waals surface area contributed by atoms with Crippen LogP contribution in [-0.2, 0) is 14.3 Å². The number of hydrogen-bond acceptors (Lipinski definition) is 8. The number of ketones is 1. The zero-order valence-corrected chi connectivity index (χ0v) is 21.4. The average Bonchev–Trinajstić information content (AvgIpc) is 3.37. The van der Waals surface area contributed by atoms with E-state index in [1.165, 1.54) is 4.90 Å². The number of amides is 1. The zero-order chi connectivity index (χ0) is 26.0. The Hall–Kier alpha value is -3.69. The number of nitrogens with zero attached hydrogens (tertiary/aromatic N) is 2. The molecule has 3 aromatic rings. The molecule has 1 atom stereocenters. The topological polar surface area (TPSA) is 106 Å². The summed E-state index contributed by atoms with van der Waals surface area (Å²) in [5.41, 5.74) is 1.16. The Morgan fingerprint density at radius 1 is 1.08 bits per heavy atom. The lowest BCUT2D eigenvalue weighted by Gasteiger charge is -2.23. The molecule has 2 heterocycles. The number of ether oxygens (including phenoxy) is 2. The number of anilines is 1. The van der Waals surface area contributed by atoms with Crippen LogP contribution < -0.4 is 9.64 Å². The molecule has 0 spiro atoms. The fraction of sp³-hybridized carbons (Fsp3) is 0.231. The van der Waals surface area contributed by atoms with Gasteiger partial charge in [-0.3, -0.25) is 14.5 Å². The van der Waals surface area contributed by atoms with Gasteiger partial charge in [-0.25, -0.2) is 9.78 Å². The minimum Gasteiger partial charge on any atom is -0.507 e. The Balaban J connectivity index is 1.87. The average molecular weight is 527 g/mol. The van der Waals surface area contributed by atoms with Gasteiger partial charge >= 0.3 is 11.9 Å². The number of carbonyl (C=O) groups is 3. The van der Waals surface area contributed by atoms with Crippen molar-refractivity contribution in [1.82, 2.24) is 4.98 Å². The third kappa shape index (κ3) is 4.72. The van der Waals surface area contributed by atoms with Gasteiger partial charge in [0.1, 0.15) is 16.4 Å². The van der Waals surface area contributed by atoms with Crippen LogP contribution in [0.3, 0.4) is 0 Å². The van der Waals surface area contributed by atoms with Gasteiger partial charge in [-0.1, -0.05) is 35.1 Å². The fourth-order valence-electron chi connectivity index (χ4n) is 3.89. The summed E-state index contributed by atoms with van der Waals surface area (Å²) in [5, 5.41) is 11.8. The van der Waals surface area contributed by atoms with E-state index in [-0.39, 0.29) is 27.9 Å². The van der Waals surface area contributed by atoms with Crippen LogP contribution in [0.4, 0.5) is 5.13 Å². The maximum Gasteiger partial charge on any atom is 0.350 e. The number of thiazole rings is 1. The van der Waals surface area contributed by atoms with Gasteiger partial charge in [0.05, 0.1) is 30.5 Å². The van der Waals surface area contributed by atoms with Crippen molar-refractivity contribution >= 4 is 51.5 Å². The first-order chi connectivity index (χ1) is 17.3. The second kappa shape index (κ2) is 10.5. The largest absolute Gasteiger partial charge is 0.507 e. The van der Waals surface area contributed by atoms with Crippen molar-refractivity contribution in [2.75, 3.05) is 18.1 Å². The number of carbonyl (C=O) groups excluding carboxylic acids is 3. The molecule has 1 saturated heterocycles. The summed E-state index contributed by atoms with van der Waals surface area (Å²) in [6.07, 6.45) is 0. The van der Waals surface area contributed by atoms with Gasteiger partial charge in [-0.05, 0) is 62.7 Å². The van der Waals surface area contributed by atoms with Gasteiger partial charge < -0.3 is 14.6 Å². The molecular weight excluding hydrogens is 504 g/mol. The Morgan fingerprint density at radius 2 is 1.75 bits per heavy atom. The number of Topliss-reactive ketones (excluding diaryl/α,β-unsaturated/α-hetero) is 1. The van der Waals surface area contributed by atoms with Gasteiger partial charge in [0.25, 0.3) is 5.78 Å². The lowest BCUT2D eigenvalue weighted by Crippen LogP contribution is -2.29. The molecule has 0 radical (unpaired) electrons. The molecule has 4 rings (SSSR count). The monoisotopic (exact) mass is 526 g/mol. The highest BCUT2D eigenvalue weighted by Gasteiger charge is 2.48. The van der Waals surface area contributed by atoms with E-state index in [2.05, 4.69) is 4.98 Å².